The van der Waals surface area contributed by atoms with Crippen molar-refractivity contribution in [1.82, 2.24) is 15.3 Å². The van der Waals surface area contributed by atoms with Gasteiger partial charge in [-0.25, -0.2) is 4.79 Å². The van der Waals surface area contributed by atoms with E-state index in [1.165, 1.54) is 0 Å². The number of hydrogen-bond donors (Lipinski definition) is 4. The fourth-order valence-corrected chi connectivity index (χ4v) is 1.16. The Balaban J connectivity index is 2.63. The van der Waals surface area contributed by atoms with E-state index in [-0.39, 0.29) is 24.6 Å². The van der Waals surface area contributed by atoms with Crippen molar-refractivity contribution in [3.8, 4) is 0 Å². The number of amides is 1. The maximum absolute atomic E-state index is 11.4. The average molecular weight is 241 g/mol. The molecule has 7 heteroatoms. The highest BCUT2D eigenvalue weighted by molar-refractivity contribution is 5.78. The van der Waals surface area contributed by atoms with E-state index in [4.69, 9.17) is 0 Å². The Morgan fingerprint density at radius 1 is 1.41 bits per heavy atom. The van der Waals surface area contributed by atoms with Gasteiger partial charge in [0.05, 0.1) is 12.0 Å². The van der Waals surface area contributed by atoms with Gasteiger partial charge in [0.15, 0.2) is 0 Å². The van der Waals surface area contributed by atoms with Gasteiger partial charge in [0, 0.05) is 18.3 Å². The van der Waals surface area contributed by atoms with Crippen molar-refractivity contribution >= 4 is 5.91 Å². The SMILES string of the molecule is CC(C)(O)CNC(=O)Cc1cc(=O)[nH]c(=O)[nH]1. The van der Waals surface area contributed by atoms with Crippen LogP contribution in [0.25, 0.3) is 0 Å². The summed E-state index contributed by atoms with van der Waals surface area (Å²) >= 11 is 0. The van der Waals surface area contributed by atoms with Crippen LogP contribution in [0, 0.1) is 0 Å². The minimum Gasteiger partial charge on any atom is -0.389 e. The predicted molar refractivity (Wildman–Crippen MR) is 60.7 cm³/mol. The molecule has 4 N–H and O–H groups in total. The Bertz CT molecular complexity index is 481. The summed E-state index contributed by atoms with van der Waals surface area (Å²) in [5, 5.41) is 11.9. The molecule has 0 aliphatic rings. The van der Waals surface area contributed by atoms with Crippen LogP contribution < -0.4 is 16.6 Å². The minimum absolute atomic E-state index is 0.0965. The fourth-order valence-electron chi connectivity index (χ4n) is 1.16. The summed E-state index contributed by atoms with van der Waals surface area (Å²) in [6.07, 6.45) is -0.116. The largest absolute Gasteiger partial charge is 0.389 e. The van der Waals surface area contributed by atoms with Gasteiger partial charge in [-0.3, -0.25) is 14.6 Å². The number of aromatic amines is 2. The van der Waals surface area contributed by atoms with Crippen molar-refractivity contribution in [2.75, 3.05) is 6.54 Å². The summed E-state index contributed by atoms with van der Waals surface area (Å²) in [5.74, 6) is -0.381. The second-order valence-corrected chi connectivity index (χ2v) is 4.38. The third-order valence-electron chi connectivity index (χ3n) is 1.89. The second-order valence-electron chi connectivity index (χ2n) is 4.38. The summed E-state index contributed by atoms with van der Waals surface area (Å²) in [5.41, 5.74) is -1.98. The lowest BCUT2D eigenvalue weighted by Crippen LogP contribution is -2.39. The zero-order valence-electron chi connectivity index (χ0n) is 9.66. The molecular formula is C10H15N3O4. The molecule has 94 valence electrons. The molecule has 0 unspecified atom stereocenters. The quantitative estimate of drug-likeness (QED) is 0.513. The van der Waals surface area contributed by atoms with E-state index in [0.717, 1.165) is 6.07 Å². The van der Waals surface area contributed by atoms with Crippen LogP contribution in [-0.2, 0) is 11.2 Å². The number of hydrogen-bond acceptors (Lipinski definition) is 4. The molecule has 7 nitrogen and oxygen atoms in total. The molecular weight excluding hydrogens is 226 g/mol. The molecule has 1 aromatic rings. The molecule has 1 heterocycles. The van der Waals surface area contributed by atoms with E-state index in [9.17, 15) is 19.5 Å². The van der Waals surface area contributed by atoms with Gasteiger partial charge in [0.2, 0.25) is 5.91 Å². The Morgan fingerprint density at radius 3 is 2.59 bits per heavy atom. The first kappa shape index (κ1) is 13.2. The highest BCUT2D eigenvalue weighted by Gasteiger charge is 2.14. The number of nitrogens with one attached hydrogen (secondary N) is 3. The first-order valence-corrected chi connectivity index (χ1v) is 5.08. The highest BCUT2D eigenvalue weighted by atomic mass is 16.3. The van der Waals surface area contributed by atoms with E-state index in [2.05, 4.69) is 10.3 Å². The Labute approximate surface area is 96.9 Å². The number of aliphatic hydroxyl groups is 1. The van der Waals surface area contributed by atoms with Crippen molar-refractivity contribution in [1.29, 1.82) is 0 Å². The smallest absolute Gasteiger partial charge is 0.325 e. The molecule has 0 atom stereocenters. The van der Waals surface area contributed by atoms with Gasteiger partial charge in [-0.2, -0.15) is 0 Å². The third-order valence-corrected chi connectivity index (χ3v) is 1.89. The van der Waals surface area contributed by atoms with Crippen molar-refractivity contribution in [3.05, 3.63) is 32.6 Å². The van der Waals surface area contributed by atoms with Crippen LogP contribution in [0.4, 0.5) is 0 Å². The van der Waals surface area contributed by atoms with Crippen LogP contribution in [0.3, 0.4) is 0 Å². The van der Waals surface area contributed by atoms with Crippen LogP contribution in [-0.4, -0.2) is 33.1 Å². The van der Waals surface area contributed by atoms with E-state index in [1.54, 1.807) is 13.8 Å². The summed E-state index contributed by atoms with van der Waals surface area (Å²) in [7, 11) is 0. The van der Waals surface area contributed by atoms with E-state index >= 15 is 0 Å². The first-order chi connectivity index (χ1) is 7.76. The van der Waals surface area contributed by atoms with Gasteiger partial charge < -0.3 is 15.4 Å². The van der Waals surface area contributed by atoms with Gasteiger partial charge in [-0.05, 0) is 13.8 Å². The number of H-pyrrole nitrogens is 2. The van der Waals surface area contributed by atoms with Gasteiger partial charge in [-0.15, -0.1) is 0 Å². The van der Waals surface area contributed by atoms with Gasteiger partial charge >= 0.3 is 5.69 Å². The number of aromatic nitrogens is 2. The van der Waals surface area contributed by atoms with Crippen LogP contribution in [0.15, 0.2) is 15.7 Å². The Morgan fingerprint density at radius 2 is 2.06 bits per heavy atom. The molecule has 0 saturated heterocycles. The van der Waals surface area contributed by atoms with Crippen molar-refractivity contribution in [2.45, 2.75) is 25.9 Å². The molecule has 0 radical (unpaired) electrons. The first-order valence-electron chi connectivity index (χ1n) is 5.08. The highest BCUT2D eigenvalue weighted by Crippen LogP contribution is 1.97. The lowest BCUT2D eigenvalue weighted by Gasteiger charge is -2.17. The molecule has 1 rings (SSSR count). The van der Waals surface area contributed by atoms with Crippen LogP contribution in [0.2, 0.25) is 0 Å². The number of carbonyl (C=O) groups is 1. The number of rotatable bonds is 4. The molecule has 0 aliphatic heterocycles. The molecule has 0 aliphatic carbocycles. The van der Waals surface area contributed by atoms with Crippen LogP contribution >= 0.6 is 0 Å². The van der Waals surface area contributed by atoms with Crippen molar-refractivity contribution in [3.63, 3.8) is 0 Å². The minimum atomic E-state index is -1.00. The van der Waals surface area contributed by atoms with E-state index in [0.29, 0.717) is 0 Å². The maximum Gasteiger partial charge on any atom is 0.325 e. The molecule has 0 spiro atoms. The molecule has 0 fully saturated rings. The van der Waals surface area contributed by atoms with E-state index in [1.807, 2.05) is 4.98 Å². The summed E-state index contributed by atoms with van der Waals surface area (Å²) < 4.78 is 0. The molecule has 17 heavy (non-hydrogen) atoms. The normalized spacial score (nSPS) is 11.2. The zero-order valence-corrected chi connectivity index (χ0v) is 9.66. The lowest BCUT2D eigenvalue weighted by atomic mass is 10.1. The zero-order chi connectivity index (χ0) is 13.1. The molecule has 0 saturated carbocycles. The molecule has 1 aromatic heterocycles. The lowest BCUT2D eigenvalue weighted by molar-refractivity contribution is -0.121. The monoisotopic (exact) mass is 241 g/mol. The van der Waals surface area contributed by atoms with Crippen molar-refractivity contribution < 1.29 is 9.90 Å². The fraction of sp³-hybridized carbons (Fsp3) is 0.500. The maximum atomic E-state index is 11.4. The van der Waals surface area contributed by atoms with Crippen molar-refractivity contribution in [2.24, 2.45) is 0 Å². The average Bonchev–Trinajstić information content (AvgIpc) is 2.11. The Kier molecular flexibility index (Phi) is 3.84. The van der Waals surface area contributed by atoms with Gasteiger partial charge in [0.1, 0.15) is 0 Å². The molecule has 1 amide bonds. The van der Waals surface area contributed by atoms with Crippen LogP contribution in [0.5, 0.6) is 0 Å². The summed E-state index contributed by atoms with van der Waals surface area (Å²) in [4.78, 5) is 37.7. The number of carbonyl (C=O) groups excluding carboxylic acids is 1. The summed E-state index contributed by atoms with van der Waals surface area (Å²) in [6.45, 7) is 3.21. The summed E-state index contributed by atoms with van der Waals surface area (Å²) in [6, 6.07) is 1.14. The van der Waals surface area contributed by atoms with E-state index < -0.39 is 16.9 Å². The third kappa shape index (κ3) is 5.12. The topological polar surface area (TPSA) is 115 Å². The van der Waals surface area contributed by atoms with Crippen LogP contribution in [0.1, 0.15) is 19.5 Å². The standard InChI is InChI=1S/C10H15N3O4/c1-10(2,17)5-11-7(14)3-6-4-8(15)13-9(16)12-6/h4,17H,3,5H2,1-2H3,(H,11,14)(H2,12,13,15,16). The second kappa shape index (κ2) is 4.96. The van der Waals surface area contributed by atoms with Gasteiger partial charge in [-0.1, -0.05) is 0 Å². The Hall–Kier alpha value is -1.89. The van der Waals surface area contributed by atoms with Gasteiger partial charge in [0.25, 0.3) is 5.56 Å². The molecule has 0 bridgehead atoms. The molecule has 0 aromatic carbocycles. The predicted octanol–water partition coefficient (Wildman–Crippen LogP) is -1.51.